The lowest BCUT2D eigenvalue weighted by Gasteiger charge is -2.29. The van der Waals surface area contributed by atoms with E-state index in [2.05, 4.69) is 20.8 Å². The van der Waals surface area contributed by atoms with Gasteiger partial charge in [0.1, 0.15) is 11.5 Å². The number of methoxy groups -OCH3 is 1. The third kappa shape index (κ3) is 5.04. The number of hydrogen-bond acceptors (Lipinski definition) is 6. The Kier molecular flexibility index (Phi) is 7.70. The van der Waals surface area contributed by atoms with Gasteiger partial charge in [-0.1, -0.05) is 28.1 Å². The van der Waals surface area contributed by atoms with Gasteiger partial charge in [0.15, 0.2) is 0 Å². The largest absolute Gasteiger partial charge is 0.507 e. The van der Waals surface area contributed by atoms with Gasteiger partial charge >= 0.3 is 0 Å². The number of morpholine rings is 1. The number of hydrogen-bond donors (Lipinski definition) is 1. The molecule has 8 heteroatoms. The molecule has 2 aliphatic heterocycles. The van der Waals surface area contributed by atoms with Crippen molar-refractivity contribution in [3.05, 3.63) is 69.2 Å². The van der Waals surface area contributed by atoms with E-state index in [9.17, 15) is 14.7 Å². The number of aryl methyl sites for hydroxylation is 1. The van der Waals surface area contributed by atoms with Crippen LogP contribution in [0.5, 0.6) is 5.75 Å². The maximum absolute atomic E-state index is 13.2. The van der Waals surface area contributed by atoms with Gasteiger partial charge in [-0.3, -0.25) is 14.5 Å². The molecule has 180 valence electrons. The number of ether oxygens (including phenoxy) is 2. The van der Waals surface area contributed by atoms with Crippen LogP contribution in [0.3, 0.4) is 0 Å². The minimum Gasteiger partial charge on any atom is -0.507 e. The van der Waals surface area contributed by atoms with Crippen LogP contribution >= 0.6 is 15.9 Å². The summed E-state index contributed by atoms with van der Waals surface area (Å²) in [7, 11) is 1.58. The Labute approximate surface area is 208 Å². The normalized spacial score (nSPS) is 20.7. The number of ketones is 1. The van der Waals surface area contributed by atoms with Crippen molar-refractivity contribution in [2.75, 3.05) is 46.5 Å². The van der Waals surface area contributed by atoms with Gasteiger partial charge in [0.2, 0.25) is 0 Å². The highest BCUT2D eigenvalue weighted by Crippen LogP contribution is 2.40. The van der Waals surface area contributed by atoms with Gasteiger partial charge in [-0.05, 0) is 54.8 Å². The molecule has 2 saturated heterocycles. The molecule has 34 heavy (non-hydrogen) atoms. The van der Waals surface area contributed by atoms with E-state index in [4.69, 9.17) is 9.47 Å². The highest BCUT2D eigenvalue weighted by atomic mass is 79.9. The zero-order valence-corrected chi connectivity index (χ0v) is 21.0. The number of rotatable bonds is 7. The van der Waals surface area contributed by atoms with Crippen LogP contribution in [0.1, 0.15) is 29.2 Å². The number of aliphatic hydroxyl groups is 1. The van der Waals surface area contributed by atoms with Crippen LogP contribution in [0, 0.1) is 6.92 Å². The molecule has 4 rings (SSSR count). The Morgan fingerprint density at radius 1 is 1.15 bits per heavy atom. The van der Waals surface area contributed by atoms with E-state index < -0.39 is 17.7 Å². The molecule has 0 spiro atoms. The summed E-state index contributed by atoms with van der Waals surface area (Å²) < 4.78 is 11.6. The van der Waals surface area contributed by atoms with E-state index in [-0.39, 0.29) is 11.3 Å². The van der Waals surface area contributed by atoms with Crippen LogP contribution < -0.4 is 4.74 Å². The fourth-order valence-electron chi connectivity index (χ4n) is 4.60. The first-order valence-electron chi connectivity index (χ1n) is 11.4. The fraction of sp³-hybridized carbons (Fsp3) is 0.385. The molecule has 0 bridgehead atoms. The first-order chi connectivity index (χ1) is 16.4. The number of benzene rings is 2. The van der Waals surface area contributed by atoms with E-state index >= 15 is 0 Å². The third-order valence-corrected chi connectivity index (χ3v) is 6.84. The zero-order valence-electron chi connectivity index (χ0n) is 19.4. The van der Waals surface area contributed by atoms with E-state index in [0.29, 0.717) is 31.1 Å². The van der Waals surface area contributed by atoms with Gasteiger partial charge in [-0.25, -0.2) is 0 Å². The molecule has 0 saturated carbocycles. The summed E-state index contributed by atoms with van der Waals surface area (Å²) in [5, 5.41) is 11.2. The molecule has 2 heterocycles. The molecule has 2 aliphatic rings. The van der Waals surface area contributed by atoms with E-state index in [1.165, 1.54) is 0 Å². The smallest absolute Gasteiger partial charge is 0.295 e. The summed E-state index contributed by atoms with van der Waals surface area (Å²) in [5.74, 6) is -0.741. The van der Waals surface area contributed by atoms with Crippen molar-refractivity contribution in [1.29, 1.82) is 0 Å². The summed E-state index contributed by atoms with van der Waals surface area (Å²) in [6.07, 6.45) is 0.721. The molecule has 2 aromatic carbocycles. The number of carbonyl (C=O) groups is 2. The number of nitrogens with zero attached hydrogens (tertiary/aromatic N) is 2. The summed E-state index contributed by atoms with van der Waals surface area (Å²) in [6.45, 7) is 6.25. The monoisotopic (exact) mass is 528 g/mol. The van der Waals surface area contributed by atoms with Crippen molar-refractivity contribution in [3.8, 4) is 5.75 Å². The predicted octanol–water partition coefficient (Wildman–Crippen LogP) is 3.91. The second kappa shape index (κ2) is 10.7. The lowest BCUT2D eigenvalue weighted by Crippen LogP contribution is -2.38. The molecule has 1 amide bonds. The molecule has 2 fully saturated rings. The number of halogens is 1. The lowest BCUT2D eigenvalue weighted by atomic mass is 9.94. The van der Waals surface area contributed by atoms with E-state index in [0.717, 1.165) is 41.7 Å². The number of Topliss-reactive ketones (excluding diaryl/α,β-unsaturated/α-hetero) is 1. The van der Waals surface area contributed by atoms with Crippen LogP contribution in [0.4, 0.5) is 0 Å². The molecule has 0 aliphatic carbocycles. The second-order valence-electron chi connectivity index (χ2n) is 8.54. The van der Waals surface area contributed by atoms with Gasteiger partial charge in [-0.15, -0.1) is 0 Å². The van der Waals surface area contributed by atoms with Gasteiger partial charge in [0.05, 0.1) is 31.9 Å². The lowest BCUT2D eigenvalue weighted by molar-refractivity contribution is -0.140. The molecule has 1 atom stereocenters. The van der Waals surface area contributed by atoms with Crippen molar-refractivity contribution in [1.82, 2.24) is 9.80 Å². The molecule has 2 aromatic rings. The SMILES string of the molecule is COc1ccc(/C(O)=C2\C(=O)C(=O)N(CCCN3CCOCC3)[C@H]2c2cccc(Br)c2)cc1C. The first kappa shape index (κ1) is 24.4. The second-order valence-corrected chi connectivity index (χ2v) is 9.46. The molecular weight excluding hydrogens is 500 g/mol. The number of carbonyl (C=O) groups excluding carboxylic acids is 2. The van der Waals surface area contributed by atoms with E-state index in [1.54, 1.807) is 30.2 Å². The minimum absolute atomic E-state index is 0.110. The Morgan fingerprint density at radius 3 is 2.59 bits per heavy atom. The number of likely N-dealkylation sites (tertiary alicyclic amines) is 1. The average molecular weight is 529 g/mol. The van der Waals surface area contributed by atoms with Crippen molar-refractivity contribution >= 4 is 33.4 Å². The number of aliphatic hydroxyl groups excluding tert-OH is 1. The number of amides is 1. The molecule has 1 N–H and O–H groups in total. The Hall–Kier alpha value is -2.68. The predicted molar refractivity (Wildman–Crippen MR) is 133 cm³/mol. The van der Waals surface area contributed by atoms with Gasteiger partial charge < -0.3 is 19.5 Å². The summed E-state index contributed by atoms with van der Waals surface area (Å²) in [6, 6.07) is 12.1. The van der Waals surface area contributed by atoms with Crippen LogP contribution in [-0.2, 0) is 14.3 Å². The van der Waals surface area contributed by atoms with Crippen LogP contribution in [0.15, 0.2) is 52.5 Å². The standard InChI is InChI=1S/C26H29BrN2O5/c1-17-15-19(7-8-21(17)33-2)24(30)22-23(18-5-3-6-20(27)16-18)29(26(32)25(22)31)10-4-9-28-11-13-34-14-12-28/h3,5-8,15-16,23,30H,4,9-14H2,1-2H3/b24-22+/t23-/m0/s1. The van der Waals surface area contributed by atoms with Gasteiger partial charge in [0.25, 0.3) is 11.7 Å². The zero-order chi connectivity index (χ0) is 24.2. The van der Waals surface area contributed by atoms with Crippen LogP contribution in [0.25, 0.3) is 5.76 Å². The maximum Gasteiger partial charge on any atom is 0.295 e. The fourth-order valence-corrected chi connectivity index (χ4v) is 5.02. The third-order valence-electron chi connectivity index (χ3n) is 6.35. The molecule has 0 radical (unpaired) electrons. The molecular formula is C26H29BrN2O5. The molecule has 0 unspecified atom stereocenters. The van der Waals surface area contributed by atoms with Gasteiger partial charge in [0, 0.05) is 36.2 Å². The minimum atomic E-state index is -0.665. The van der Waals surface area contributed by atoms with Crippen molar-refractivity contribution in [3.63, 3.8) is 0 Å². The highest BCUT2D eigenvalue weighted by molar-refractivity contribution is 9.10. The maximum atomic E-state index is 13.2. The molecule has 7 nitrogen and oxygen atoms in total. The van der Waals surface area contributed by atoms with Crippen molar-refractivity contribution in [2.45, 2.75) is 19.4 Å². The van der Waals surface area contributed by atoms with Gasteiger partial charge in [-0.2, -0.15) is 0 Å². The Balaban J connectivity index is 1.69. The van der Waals surface area contributed by atoms with Crippen molar-refractivity contribution < 1.29 is 24.2 Å². The summed E-state index contributed by atoms with van der Waals surface area (Å²) >= 11 is 3.49. The van der Waals surface area contributed by atoms with Crippen molar-refractivity contribution in [2.24, 2.45) is 0 Å². The summed E-state index contributed by atoms with van der Waals surface area (Å²) in [5.41, 5.74) is 2.18. The highest BCUT2D eigenvalue weighted by Gasteiger charge is 2.45. The quantitative estimate of drug-likeness (QED) is 0.333. The summed E-state index contributed by atoms with van der Waals surface area (Å²) in [4.78, 5) is 30.2. The van der Waals surface area contributed by atoms with E-state index in [1.807, 2.05) is 31.2 Å². The average Bonchev–Trinajstić information content (AvgIpc) is 3.09. The topological polar surface area (TPSA) is 79.3 Å². The van der Waals surface area contributed by atoms with Crippen LogP contribution in [-0.4, -0.2) is 73.1 Å². The van der Waals surface area contributed by atoms with Crippen LogP contribution in [0.2, 0.25) is 0 Å². The Morgan fingerprint density at radius 2 is 1.91 bits per heavy atom. The first-order valence-corrected chi connectivity index (χ1v) is 12.2. The Bertz CT molecular complexity index is 1110. The molecule has 0 aromatic heterocycles.